The Morgan fingerprint density at radius 3 is 2.33 bits per heavy atom. The predicted octanol–water partition coefficient (Wildman–Crippen LogP) is 5.61. The van der Waals surface area contributed by atoms with Gasteiger partial charge >= 0.3 is 0 Å². The van der Waals surface area contributed by atoms with Crippen molar-refractivity contribution < 1.29 is 14.2 Å². The summed E-state index contributed by atoms with van der Waals surface area (Å²) in [6.07, 6.45) is 0. The summed E-state index contributed by atoms with van der Waals surface area (Å²) in [5, 5.41) is 5.11. The monoisotopic (exact) mass is 523 g/mol. The molecule has 0 unspecified atom stereocenters. The minimum absolute atomic E-state index is 0.208. The molecule has 1 heterocycles. The van der Waals surface area contributed by atoms with Crippen molar-refractivity contribution in [1.82, 2.24) is 9.88 Å². The van der Waals surface area contributed by atoms with Crippen molar-refractivity contribution in [2.75, 3.05) is 26.6 Å². The molecule has 0 saturated heterocycles. The average molecular weight is 524 g/mol. The van der Waals surface area contributed by atoms with Crippen molar-refractivity contribution in [3.63, 3.8) is 0 Å². The number of nitrogens with one attached hydrogen (secondary N) is 2. The fourth-order valence-electron chi connectivity index (χ4n) is 3.82. The highest BCUT2D eigenvalue weighted by Gasteiger charge is 2.16. The molecule has 2 N–H and O–H groups in total. The van der Waals surface area contributed by atoms with Gasteiger partial charge in [0.25, 0.3) is 5.56 Å². The first-order chi connectivity index (χ1) is 17.4. The van der Waals surface area contributed by atoms with E-state index in [0.29, 0.717) is 39.3 Å². The van der Waals surface area contributed by atoms with Gasteiger partial charge in [-0.1, -0.05) is 29.8 Å². The largest absolute Gasteiger partial charge is 0.497 e. The summed E-state index contributed by atoms with van der Waals surface area (Å²) in [5.74, 6) is 1.89. The average Bonchev–Trinajstić information content (AvgIpc) is 2.88. The van der Waals surface area contributed by atoms with Gasteiger partial charge in [0.05, 0.1) is 33.4 Å². The van der Waals surface area contributed by atoms with Crippen molar-refractivity contribution in [3.05, 3.63) is 93.2 Å². The zero-order chi connectivity index (χ0) is 25.7. The van der Waals surface area contributed by atoms with Crippen LogP contribution in [0.1, 0.15) is 11.1 Å². The molecule has 0 aliphatic heterocycles. The van der Waals surface area contributed by atoms with Crippen LogP contribution in [0.3, 0.4) is 0 Å². The van der Waals surface area contributed by atoms with Crippen molar-refractivity contribution in [2.24, 2.45) is 0 Å². The lowest BCUT2D eigenvalue weighted by atomic mass is 10.1. The van der Waals surface area contributed by atoms with Crippen LogP contribution in [-0.2, 0) is 13.1 Å². The summed E-state index contributed by atoms with van der Waals surface area (Å²) >= 11 is 11.9. The Kier molecular flexibility index (Phi) is 7.97. The lowest BCUT2D eigenvalue weighted by Crippen LogP contribution is -2.35. The number of pyridine rings is 1. The van der Waals surface area contributed by atoms with E-state index in [1.807, 2.05) is 53.4 Å². The van der Waals surface area contributed by atoms with Crippen molar-refractivity contribution in [2.45, 2.75) is 13.1 Å². The Bertz CT molecular complexity index is 1440. The maximum absolute atomic E-state index is 13.0. The summed E-state index contributed by atoms with van der Waals surface area (Å²) in [6.45, 7) is 0.748. The van der Waals surface area contributed by atoms with E-state index < -0.39 is 0 Å². The first kappa shape index (κ1) is 25.3. The number of aromatic amines is 1. The van der Waals surface area contributed by atoms with Crippen LogP contribution in [0.25, 0.3) is 10.9 Å². The zero-order valence-corrected chi connectivity index (χ0v) is 21.7. The third-order valence-electron chi connectivity index (χ3n) is 5.68. The Balaban J connectivity index is 1.67. The molecule has 0 saturated carbocycles. The SMILES string of the molecule is COc1ccc(CN(Cc2cc3cc(OC)c(OC)cc3[nH]c2=O)C(=S)Nc2cccc(Cl)c2)cc1. The molecule has 0 aliphatic carbocycles. The number of aromatic nitrogens is 1. The molecule has 0 bridgehead atoms. The highest BCUT2D eigenvalue weighted by Crippen LogP contribution is 2.31. The van der Waals surface area contributed by atoms with Gasteiger partial charge in [-0.15, -0.1) is 0 Å². The van der Waals surface area contributed by atoms with Gasteiger partial charge in [0.1, 0.15) is 5.75 Å². The summed E-state index contributed by atoms with van der Waals surface area (Å²) in [7, 11) is 4.76. The van der Waals surface area contributed by atoms with Crippen LogP contribution in [-0.4, -0.2) is 36.3 Å². The number of nitrogens with zero attached hydrogens (tertiary/aromatic N) is 1. The number of thiocarbonyl (C=S) groups is 1. The highest BCUT2D eigenvalue weighted by molar-refractivity contribution is 7.80. The number of hydrogen-bond donors (Lipinski definition) is 2. The molecule has 0 amide bonds. The molecule has 0 spiro atoms. The molecule has 4 aromatic rings. The van der Waals surface area contributed by atoms with Gasteiger partial charge in [-0.2, -0.15) is 0 Å². The van der Waals surface area contributed by atoms with E-state index in [9.17, 15) is 4.79 Å². The molecule has 1 aromatic heterocycles. The molecule has 0 radical (unpaired) electrons. The Morgan fingerprint density at radius 2 is 1.67 bits per heavy atom. The fourth-order valence-corrected chi connectivity index (χ4v) is 4.26. The number of methoxy groups -OCH3 is 3. The lowest BCUT2D eigenvalue weighted by Gasteiger charge is -2.26. The topological polar surface area (TPSA) is 75.8 Å². The van der Waals surface area contributed by atoms with Crippen LogP contribution >= 0.6 is 23.8 Å². The van der Waals surface area contributed by atoms with Gasteiger partial charge in [-0.25, -0.2) is 0 Å². The van der Waals surface area contributed by atoms with Crippen LogP contribution in [0.15, 0.2) is 71.5 Å². The molecule has 3 aromatic carbocycles. The second-order valence-corrected chi connectivity index (χ2v) is 8.89. The van der Waals surface area contributed by atoms with E-state index >= 15 is 0 Å². The molecule has 9 heteroatoms. The quantitative estimate of drug-likeness (QED) is 0.291. The van der Waals surface area contributed by atoms with E-state index in [1.165, 1.54) is 0 Å². The molecular formula is C27H26ClN3O4S. The minimum atomic E-state index is -0.208. The van der Waals surface area contributed by atoms with Crippen LogP contribution in [0, 0.1) is 0 Å². The van der Waals surface area contributed by atoms with Crippen molar-refractivity contribution in [3.8, 4) is 17.2 Å². The third-order valence-corrected chi connectivity index (χ3v) is 6.28. The summed E-state index contributed by atoms with van der Waals surface area (Å²) in [4.78, 5) is 17.9. The molecule has 7 nitrogen and oxygen atoms in total. The first-order valence-corrected chi connectivity index (χ1v) is 11.9. The Hall–Kier alpha value is -3.75. The molecule has 0 aliphatic rings. The van der Waals surface area contributed by atoms with Gasteiger partial charge in [0.15, 0.2) is 16.6 Å². The highest BCUT2D eigenvalue weighted by atomic mass is 35.5. The molecular weight excluding hydrogens is 498 g/mol. The Morgan fingerprint density at radius 1 is 0.944 bits per heavy atom. The summed E-state index contributed by atoms with van der Waals surface area (Å²) < 4.78 is 16.1. The second-order valence-electron chi connectivity index (χ2n) is 8.06. The second kappa shape index (κ2) is 11.3. The number of hydrogen-bond acceptors (Lipinski definition) is 5. The number of ether oxygens (including phenoxy) is 3. The number of anilines is 1. The maximum atomic E-state index is 13.0. The van der Waals surface area contributed by atoms with E-state index in [-0.39, 0.29) is 12.1 Å². The number of H-pyrrole nitrogens is 1. The molecule has 0 atom stereocenters. The summed E-state index contributed by atoms with van der Waals surface area (Å²) in [6, 6.07) is 20.5. The Labute approximate surface area is 219 Å². The fraction of sp³-hybridized carbons (Fsp3) is 0.185. The van der Waals surface area contributed by atoms with Gasteiger partial charge in [0.2, 0.25) is 0 Å². The number of rotatable bonds is 8. The van der Waals surface area contributed by atoms with E-state index in [1.54, 1.807) is 39.5 Å². The van der Waals surface area contributed by atoms with Gasteiger partial charge in [-0.05, 0) is 60.2 Å². The molecule has 36 heavy (non-hydrogen) atoms. The maximum Gasteiger partial charge on any atom is 0.253 e. The number of halogens is 1. The van der Waals surface area contributed by atoms with E-state index in [0.717, 1.165) is 22.4 Å². The van der Waals surface area contributed by atoms with Crippen molar-refractivity contribution >= 4 is 45.5 Å². The number of fused-ring (bicyclic) bond motifs is 1. The summed E-state index contributed by atoms with van der Waals surface area (Å²) in [5.41, 5.74) is 2.77. The molecule has 4 rings (SSSR count). The smallest absolute Gasteiger partial charge is 0.253 e. The van der Waals surface area contributed by atoms with Gasteiger partial charge < -0.3 is 29.4 Å². The van der Waals surface area contributed by atoms with Crippen LogP contribution < -0.4 is 25.1 Å². The van der Waals surface area contributed by atoms with Crippen molar-refractivity contribution in [1.29, 1.82) is 0 Å². The lowest BCUT2D eigenvalue weighted by molar-refractivity contribution is 0.355. The van der Waals surface area contributed by atoms with E-state index in [4.69, 9.17) is 38.0 Å². The first-order valence-electron chi connectivity index (χ1n) is 11.1. The van der Waals surface area contributed by atoms with Crippen LogP contribution in [0.4, 0.5) is 5.69 Å². The number of benzene rings is 3. The standard InChI is InChI=1S/C27H26ClN3O4S/c1-33-22-9-7-17(8-10-22)15-31(27(36)29-21-6-4-5-20(28)13-21)16-19-11-18-12-24(34-2)25(35-3)14-23(18)30-26(19)32/h4-14H,15-16H2,1-3H3,(H,29,36)(H,30,32). The van der Waals surface area contributed by atoms with E-state index in [2.05, 4.69) is 10.3 Å². The van der Waals surface area contributed by atoms with Crippen LogP contribution in [0.5, 0.6) is 17.2 Å². The molecule has 186 valence electrons. The molecule has 0 fully saturated rings. The van der Waals surface area contributed by atoms with Gasteiger partial charge in [0, 0.05) is 34.3 Å². The minimum Gasteiger partial charge on any atom is -0.497 e. The third kappa shape index (κ3) is 5.90. The van der Waals surface area contributed by atoms with Crippen LogP contribution in [0.2, 0.25) is 5.02 Å². The van der Waals surface area contributed by atoms with Gasteiger partial charge in [-0.3, -0.25) is 4.79 Å². The zero-order valence-electron chi connectivity index (χ0n) is 20.1. The normalized spacial score (nSPS) is 10.7. The predicted molar refractivity (Wildman–Crippen MR) is 148 cm³/mol.